The highest BCUT2D eigenvalue weighted by Gasteiger charge is 2.39. The van der Waals surface area contributed by atoms with Crippen molar-refractivity contribution >= 4 is 11.8 Å². The summed E-state index contributed by atoms with van der Waals surface area (Å²) in [6.07, 6.45) is 8.63. The molecule has 2 amide bonds. The molecule has 0 spiro atoms. The predicted molar refractivity (Wildman–Crippen MR) is 90.9 cm³/mol. The third-order valence-electron chi connectivity index (χ3n) is 5.14. The molecule has 5 heterocycles. The van der Waals surface area contributed by atoms with Gasteiger partial charge in [0, 0.05) is 56.9 Å². The van der Waals surface area contributed by atoms with Crippen LogP contribution in [0.25, 0.3) is 0 Å². The molecule has 5 rings (SSSR count). The Morgan fingerprint density at radius 2 is 1.84 bits per heavy atom. The lowest BCUT2D eigenvalue weighted by Crippen LogP contribution is -2.47. The molecule has 3 fully saturated rings. The lowest BCUT2D eigenvalue weighted by atomic mass is 9.94. The van der Waals surface area contributed by atoms with Crippen LogP contribution >= 0.6 is 0 Å². The first-order valence-corrected chi connectivity index (χ1v) is 8.60. The number of nitrogens with zero attached hydrogens (tertiary/aromatic N) is 5. The number of rotatable bonds is 2. The van der Waals surface area contributed by atoms with Gasteiger partial charge in [0.1, 0.15) is 0 Å². The number of pyridine rings is 1. The van der Waals surface area contributed by atoms with Crippen molar-refractivity contribution in [2.75, 3.05) is 19.6 Å². The van der Waals surface area contributed by atoms with E-state index < -0.39 is 0 Å². The standard InChI is InChI=1S/C18H21N5O2/c1-21-11-15(8-20-21)18(25)23-10-13-2-3-16(23)12-22(9-13)17(24)14-4-6-19-7-5-14/h4-8,11,13,16H,2-3,9-10,12H2,1H3/t13-,16+/m0/s1. The fourth-order valence-corrected chi connectivity index (χ4v) is 3.87. The molecule has 0 radical (unpaired) electrons. The van der Waals surface area contributed by atoms with Crippen molar-refractivity contribution in [3.05, 3.63) is 48.0 Å². The van der Waals surface area contributed by atoms with Crippen LogP contribution < -0.4 is 0 Å². The van der Waals surface area contributed by atoms with Gasteiger partial charge < -0.3 is 9.80 Å². The molecule has 7 nitrogen and oxygen atoms in total. The van der Waals surface area contributed by atoms with Gasteiger partial charge in [-0.05, 0) is 30.9 Å². The molecule has 0 unspecified atom stereocenters. The highest BCUT2D eigenvalue weighted by Crippen LogP contribution is 2.29. The number of carbonyl (C=O) groups is 2. The number of piperidine rings is 1. The van der Waals surface area contributed by atoms with E-state index >= 15 is 0 Å². The molecule has 3 aliphatic heterocycles. The first-order chi connectivity index (χ1) is 12.1. The molecular formula is C18H21N5O2. The molecule has 2 aromatic heterocycles. The molecule has 2 aromatic rings. The molecule has 130 valence electrons. The average molecular weight is 339 g/mol. The maximum Gasteiger partial charge on any atom is 0.257 e. The minimum absolute atomic E-state index is 0.0148. The topological polar surface area (TPSA) is 71.3 Å². The van der Waals surface area contributed by atoms with Crippen LogP contribution in [-0.4, -0.2) is 62.1 Å². The van der Waals surface area contributed by atoms with E-state index in [2.05, 4.69) is 10.1 Å². The van der Waals surface area contributed by atoms with Crippen LogP contribution in [0.2, 0.25) is 0 Å². The van der Waals surface area contributed by atoms with Crippen molar-refractivity contribution < 1.29 is 9.59 Å². The lowest BCUT2D eigenvalue weighted by molar-refractivity contribution is 0.0574. The van der Waals surface area contributed by atoms with Crippen molar-refractivity contribution in [3.63, 3.8) is 0 Å². The van der Waals surface area contributed by atoms with Gasteiger partial charge in [0.2, 0.25) is 0 Å². The zero-order valence-corrected chi connectivity index (χ0v) is 14.2. The van der Waals surface area contributed by atoms with E-state index in [0.717, 1.165) is 12.8 Å². The summed E-state index contributed by atoms with van der Waals surface area (Å²) in [6, 6.07) is 3.55. The normalized spacial score (nSPS) is 22.8. The molecule has 2 atom stereocenters. The van der Waals surface area contributed by atoms with Crippen molar-refractivity contribution in [2.45, 2.75) is 18.9 Å². The fourth-order valence-electron chi connectivity index (χ4n) is 3.87. The van der Waals surface area contributed by atoms with E-state index in [0.29, 0.717) is 36.7 Å². The van der Waals surface area contributed by atoms with Gasteiger partial charge in [0.05, 0.1) is 11.8 Å². The van der Waals surface area contributed by atoms with Gasteiger partial charge in [-0.15, -0.1) is 0 Å². The third kappa shape index (κ3) is 3.01. The molecule has 3 saturated heterocycles. The molecule has 3 aliphatic rings. The molecular weight excluding hydrogens is 318 g/mol. The SMILES string of the molecule is Cn1cc(C(=O)N2C[C@H]3CC[C@@H]2CN(C(=O)c2ccncc2)C3)cn1. The fraction of sp³-hybridized carbons (Fsp3) is 0.444. The van der Waals surface area contributed by atoms with Crippen LogP contribution in [0, 0.1) is 5.92 Å². The third-order valence-corrected chi connectivity index (χ3v) is 5.14. The summed E-state index contributed by atoms with van der Waals surface area (Å²) in [5.74, 6) is 0.362. The Labute approximate surface area is 146 Å². The first kappa shape index (κ1) is 15.8. The predicted octanol–water partition coefficient (Wildman–Crippen LogP) is 1.19. The van der Waals surface area contributed by atoms with Crippen LogP contribution in [0.4, 0.5) is 0 Å². The molecule has 0 aliphatic carbocycles. The number of hydrogen-bond acceptors (Lipinski definition) is 4. The minimum atomic E-state index is 0.0148. The van der Waals surface area contributed by atoms with Gasteiger partial charge in [-0.2, -0.15) is 5.10 Å². The van der Waals surface area contributed by atoms with Gasteiger partial charge >= 0.3 is 0 Å². The Balaban J connectivity index is 1.54. The molecule has 0 N–H and O–H groups in total. The van der Waals surface area contributed by atoms with Crippen LogP contribution in [0.1, 0.15) is 33.6 Å². The number of aromatic nitrogens is 3. The zero-order chi connectivity index (χ0) is 17.4. The monoisotopic (exact) mass is 339 g/mol. The van der Waals surface area contributed by atoms with Crippen LogP contribution in [0.3, 0.4) is 0 Å². The molecule has 2 bridgehead atoms. The van der Waals surface area contributed by atoms with Gasteiger partial charge in [-0.25, -0.2) is 0 Å². The molecule has 0 aromatic carbocycles. The number of aryl methyl sites for hydroxylation is 1. The van der Waals surface area contributed by atoms with Gasteiger partial charge in [-0.1, -0.05) is 0 Å². The summed E-state index contributed by atoms with van der Waals surface area (Å²) in [7, 11) is 1.81. The van der Waals surface area contributed by atoms with Crippen LogP contribution in [0.5, 0.6) is 0 Å². The number of hydrogen-bond donors (Lipinski definition) is 0. The Bertz CT molecular complexity index is 788. The Morgan fingerprint density at radius 3 is 2.56 bits per heavy atom. The van der Waals surface area contributed by atoms with Crippen LogP contribution in [-0.2, 0) is 7.05 Å². The number of carbonyl (C=O) groups excluding carboxylic acids is 2. The Kier molecular flexibility index (Phi) is 3.99. The van der Waals surface area contributed by atoms with Crippen molar-refractivity contribution in [3.8, 4) is 0 Å². The van der Waals surface area contributed by atoms with Gasteiger partial charge in [0.25, 0.3) is 11.8 Å². The highest BCUT2D eigenvalue weighted by molar-refractivity contribution is 5.95. The van der Waals surface area contributed by atoms with Crippen molar-refractivity contribution in [2.24, 2.45) is 13.0 Å². The van der Waals surface area contributed by atoms with E-state index in [1.165, 1.54) is 0 Å². The highest BCUT2D eigenvalue weighted by atomic mass is 16.2. The summed E-state index contributed by atoms with van der Waals surface area (Å²) in [6.45, 7) is 2.00. The van der Waals surface area contributed by atoms with Gasteiger partial charge in [-0.3, -0.25) is 19.3 Å². The molecule has 7 heteroatoms. The van der Waals surface area contributed by atoms with Crippen molar-refractivity contribution in [1.82, 2.24) is 24.6 Å². The molecule has 0 saturated carbocycles. The second-order valence-corrected chi connectivity index (χ2v) is 6.90. The maximum absolute atomic E-state index is 12.9. The minimum Gasteiger partial charge on any atom is -0.336 e. The summed E-state index contributed by atoms with van der Waals surface area (Å²) in [5, 5.41) is 4.10. The summed E-state index contributed by atoms with van der Waals surface area (Å²) in [4.78, 5) is 33.5. The zero-order valence-electron chi connectivity index (χ0n) is 14.2. The Morgan fingerprint density at radius 1 is 1.04 bits per heavy atom. The van der Waals surface area contributed by atoms with Gasteiger partial charge in [0.15, 0.2) is 0 Å². The quantitative estimate of drug-likeness (QED) is 0.824. The number of amides is 2. The van der Waals surface area contributed by atoms with Crippen LogP contribution in [0.15, 0.2) is 36.9 Å². The van der Waals surface area contributed by atoms with E-state index in [4.69, 9.17) is 0 Å². The summed E-state index contributed by atoms with van der Waals surface area (Å²) >= 11 is 0. The van der Waals surface area contributed by atoms with E-state index in [9.17, 15) is 9.59 Å². The molecule has 25 heavy (non-hydrogen) atoms. The summed E-state index contributed by atoms with van der Waals surface area (Å²) < 4.78 is 1.64. The first-order valence-electron chi connectivity index (χ1n) is 8.60. The average Bonchev–Trinajstić information content (AvgIpc) is 2.88. The van der Waals surface area contributed by atoms with E-state index in [-0.39, 0.29) is 17.9 Å². The Hall–Kier alpha value is -2.70. The number of fused-ring (bicyclic) bond motifs is 4. The lowest BCUT2D eigenvalue weighted by Gasteiger charge is -2.35. The van der Waals surface area contributed by atoms with Crippen molar-refractivity contribution in [1.29, 1.82) is 0 Å². The second kappa shape index (κ2) is 6.31. The smallest absolute Gasteiger partial charge is 0.257 e. The second-order valence-electron chi connectivity index (χ2n) is 6.90. The largest absolute Gasteiger partial charge is 0.336 e. The summed E-state index contributed by atoms with van der Waals surface area (Å²) in [5.41, 5.74) is 1.27. The maximum atomic E-state index is 12.9. The van der Waals surface area contributed by atoms with E-state index in [1.807, 2.05) is 9.80 Å². The van der Waals surface area contributed by atoms with E-state index in [1.54, 1.807) is 48.6 Å².